The highest BCUT2D eigenvalue weighted by molar-refractivity contribution is 8.00. The molecule has 12 heteroatoms. The summed E-state index contributed by atoms with van der Waals surface area (Å²) in [5.41, 5.74) is 0.00541. The van der Waals surface area contributed by atoms with Crippen LogP contribution in [0.1, 0.15) is 20.8 Å². The molecule has 31 heavy (non-hydrogen) atoms. The zero-order valence-electron chi connectivity index (χ0n) is 17.6. The average molecular weight is 469 g/mol. The number of carbonyl (C=O) groups excluding carboxylic acids is 1. The molecule has 2 aromatic rings. The molecule has 1 aromatic carbocycles. The smallest absolute Gasteiger partial charge is 0.271 e. The minimum Gasteiger partial charge on any atom is -0.495 e. The van der Waals surface area contributed by atoms with Gasteiger partial charge in [-0.05, 0) is 25.1 Å². The van der Waals surface area contributed by atoms with Crippen LogP contribution in [0.25, 0.3) is 0 Å². The standard InChI is InChI=1S/C19H24N4O6S2/c1-5-22(6-2)31(27,28)15-8-10-18(20-12-15)30-13(3)19(24)21-16-11-14(23(25)26)7-9-17(16)29-4/h7-13H,5-6H2,1-4H3,(H,21,24). The van der Waals surface area contributed by atoms with Crippen LogP contribution in [0.3, 0.4) is 0 Å². The van der Waals surface area contributed by atoms with E-state index in [0.717, 1.165) is 11.8 Å². The van der Waals surface area contributed by atoms with Gasteiger partial charge in [-0.2, -0.15) is 4.31 Å². The number of carbonyl (C=O) groups is 1. The zero-order valence-corrected chi connectivity index (χ0v) is 19.2. The number of nitrogens with zero attached hydrogens (tertiary/aromatic N) is 3. The molecule has 1 N–H and O–H groups in total. The van der Waals surface area contributed by atoms with Gasteiger partial charge in [0.25, 0.3) is 5.69 Å². The molecule has 1 heterocycles. The molecule has 0 aliphatic heterocycles. The number of hydrogen-bond acceptors (Lipinski definition) is 8. The topological polar surface area (TPSA) is 132 Å². The Labute approximate surface area is 185 Å². The first-order valence-electron chi connectivity index (χ1n) is 9.40. The van der Waals surface area contributed by atoms with Crippen molar-refractivity contribution in [2.45, 2.75) is 35.9 Å². The molecule has 0 radical (unpaired) electrons. The van der Waals surface area contributed by atoms with E-state index >= 15 is 0 Å². The third-order valence-corrected chi connectivity index (χ3v) is 7.45. The van der Waals surface area contributed by atoms with Gasteiger partial charge in [0.1, 0.15) is 10.6 Å². The van der Waals surface area contributed by atoms with Crippen LogP contribution in [0.5, 0.6) is 5.75 Å². The number of pyridine rings is 1. The minimum absolute atomic E-state index is 0.0824. The predicted octanol–water partition coefficient (Wildman–Crippen LogP) is 3.15. The number of anilines is 1. The summed E-state index contributed by atoms with van der Waals surface area (Å²) in [6.45, 7) is 5.87. The maximum absolute atomic E-state index is 12.6. The number of rotatable bonds is 10. The van der Waals surface area contributed by atoms with E-state index in [1.54, 1.807) is 26.8 Å². The SMILES string of the molecule is CCN(CC)S(=O)(=O)c1ccc(SC(C)C(=O)Nc2cc([N+](=O)[O-])ccc2OC)nc1. The minimum atomic E-state index is -3.61. The van der Waals surface area contributed by atoms with Crippen LogP contribution in [0, 0.1) is 10.1 Å². The second kappa shape index (κ2) is 10.6. The third kappa shape index (κ3) is 5.93. The van der Waals surface area contributed by atoms with Crippen molar-refractivity contribution < 1.29 is 22.9 Å². The fourth-order valence-electron chi connectivity index (χ4n) is 2.68. The van der Waals surface area contributed by atoms with E-state index in [2.05, 4.69) is 10.3 Å². The highest BCUT2D eigenvalue weighted by Gasteiger charge is 2.23. The lowest BCUT2D eigenvalue weighted by molar-refractivity contribution is -0.384. The van der Waals surface area contributed by atoms with E-state index in [-0.39, 0.29) is 16.3 Å². The van der Waals surface area contributed by atoms with Gasteiger partial charge in [0.05, 0.1) is 28.0 Å². The van der Waals surface area contributed by atoms with Gasteiger partial charge in [0, 0.05) is 31.4 Å². The fraction of sp³-hybridized carbons (Fsp3) is 0.368. The Morgan fingerprint density at radius 2 is 1.97 bits per heavy atom. The summed E-state index contributed by atoms with van der Waals surface area (Å²) in [7, 11) is -2.21. The normalized spacial score (nSPS) is 12.4. The third-order valence-electron chi connectivity index (χ3n) is 4.37. The molecule has 10 nitrogen and oxygen atoms in total. The van der Waals surface area contributed by atoms with Gasteiger partial charge in [-0.1, -0.05) is 25.6 Å². The van der Waals surface area contributed by atoms with Crippen molar-refractivity contribution in [1.82, 2.24) is 9.29 Å². The van der Waals surface area contributed by atoms with Crippen molar-refractivity contribution in [1.29, 1.82) is 0 Å². The van der Waals surface area contributed by atoms with Gasteiger partial charge in [0.2, 0.25) is 15.9 Å². The van der Waals surface area contributed by atoms with Crippen molar-refractivity contribution in [3.63, 3.8) is 0 Å². The van der Waals surface area contributed by atoms with E-state index in [4.69, 9.17) is 4.74 Å². The van der Waals surface area contributed by atoms with Gasteiger partial charge in [-0.15, -0.1) is 0 Å². The average Bonchev–Trinajstić information content (AvgIpc) is 2.74. The van der Waals surface area contributed by atoms with E-state index < -0.39 is 26.1 Å². The van der Waals surface area contributed by atoms with Crippen LogP contribution in [-0.4, -0.2) is 54.0 Å². The molecule has 2 rings (SSSR count). The lowest BCUT2D eigenvalue weighted by Gasteiger charge is -2.18. The molecule has 0 aliphatic carbocycles. The fourth-order valence-corrected chi connectivity index (χ4v) is 4.87. The van der Waals surface area contributed by atoms with Crippen LogP contribution >= 0.6 is 11.8 Å². The number of benzene rings is 1. The van der Waals surface area contributed by atoms with Gasteiger partial charge < -0.3 is 10.1 Å². The molecular formula is C19H24N4O6S2. The van der Waals surface area contributed by atoms with Crippen molar-refractivity contribution in [2.75, 3.05) is 25.5 Å². The van der Waals surface area contributed by atoms with E-state index in [1.165, 1.54) is 41.9 Å². The molecular weight excluding hydrogens is 444 g/mol. The summed E-state index contributed by atoms with van der Waals surface area (Å²) in [5, 5.41) is 13.5. The number of nitro groups is 1. The summed E-state index contributed by atoms with van der Waals surface area (Å²) in [6.07, 6.45) is 1.27. The van der Waals surface area contributed by atoms with Gasteiger partial charge >= 0.3 is 0 Å². The van der Waals surface area contributed by atoms with Crippen LogP contribution < -0.4 is 10.1 Å². The van der Waals surface area contributed by atoms with Crippen molar-refractivity contribution in [2.24, 2.45) is 0 Å². The Balaban J connectivity index is 2.12. The number of thioether (sulfide) groups is 1. The van der Waals surface area contributed by atoms with Gasteiger partial charge in [-0.3, -0.25) is 14.9 Å². The van der Waals surface area contributed by atoms with E-state index in [1.807, 2.05) is 0 Å². The highest BCUT2D eigenvalue weighted by Crippen LogP contribution is 2.30. The van der Waals surface area contributed by atoms with E-state index in [9.17, 15) is 23.3 Å². The molecule has 0 saturated heterocycles. The predicted molar refractivity (Wildman–Crippen MR) is 118 cm³/mol. The maximum atomic E-state index is 12.6. The second-order valence-corrected chi connectivity index (χ2v) is 9.61. The number of nitrogens with one attached hydrogen (secondary N) is 1. The Bertz CT molecular complexity index is 1040. The second-order valence-electron chi connectivity index (χ2n) is 6.31. The number of nitro benzene ring substituents is 1. The van der Waals surface area contributed by atoms with Crippen molar-refractivity contribution in [3.8, 4) is 5.75 Å². The summed E-state index contributed by atoms with van der Waals surface area (Å²) in [6, 6.07) is 6.90. The van der Waals surface area contributed by atoms with Crippen molar-refractivity contribution in [3.05, 3.63) is 46.6 Å². The van der Waals surface area contributed by atoms with Crippen LogP contribution in [0.4, 0.5) is 11.4 Å². The largest absolute Gasteiger partial charge is 0.495 e. The summed E-state index contributed by atoms with van der Waals surface area (Å²) in [4.78, 5) is 27.2. The quantitative estimate of drug-likeness (QED) is 0.319. The lowest BCUT2D eigenvalue weighted by Crippen LogP contribution is -2.30. The maximum Gasteiger partial charge on any atom is 0.271 e. The van der Waals surface area contributed by atoms with Crippen molar-refractivity contribution >= 4 is 39.1 Å². The van der Waals surface area contributed by atoms with Gasteiger partial charge in [-0.25, -0.2) is 13.4 Å². The molecule has 168 valence electrons. The number of hydrogen-bond donors (Lipinski definition) is 1. The summed E-state index contributed by atoms with van der Waals surface area (Å²) < 4.78 is 31.5. The van der Waals surface area contributed by atoms with Crippen LogP contribution in [0.15, 0.2) is 46.5 Å². The number of methoxy groups -OCH3 is 1. The molecule has 0 spiro atoms. The molecule has 0 bridgehead atoms. The summed E-state index contributed by atoms with van der Waals surface area (Å²) in [5.74, 6) is -0.120. The Morgan fingerprint density at radius 3 is 2.48 bits per heavy atom. The molecule has 1 aromatic heterocycles. The first-order chi connectivity index (χ1) is 14.6. The molecule has 0 aliphatic rings. The number of sulfonamides is 1. The number of non-ortho nitro benzene ring substituents is 1. The molecule has 1 amide bonds. The van der Waals surface area contributed by atoms with Crippen LogP contribution in [0.2, 0.25) is 0 Å². The monoisotopic (exact) mass is 468 g/mol. The molecule has 0 fully saturated rings. The zero-order chi connectivity index (χ0) is 23.2. The Hall–Kier alpha value is -2.70. The first kappa shape index (κ1) is 24.6. The number of amides is 1. The molecule has 1 unspecified atom stereocenters. The van der Waals surface area contributed by atoms with Gasteiger partial charge in [0.15, 0.2) is 0 Å². The highest BCUT2D eigenvalue weighted by atomic mass is 32.2. The molecule has 1 atom stereocenters. The number of aromatic nitrogens is 1. The Morgan fingerprint density at radius 1 is 1.29 bits per heavy atom. The molecule has 0 saturated carbocycles. The number of ether oxygens (including phenoxy) is 1. The Kier molecular flexibility index (Phi) is 8.36. The summed E-state index contributed by atoms with van der Waals surface area (Å²) >= 11 is 1.13. The lowest BCUT2D eigenvalue weighted by atomic mass is 10.2. The van der Waals surface area contributed by atoms with Crippen LogP contribution in [-0.2, 0) is 14.8 Å². The van der Waals surface area contributed by atoms with E-state index in [0.29, 0.717) is 23.9 Å². The first-order valence-corrected chi connectivity index (χ1v) is 11.7.